The van der Waals surface area contributed by atoms with Crippen LogP contribution >= 0.6 is 0 Å². The second-order valence-corrected chi connectivity index (χ2v) is 6.93. The maximum atomic E-state index is 12.5. The van der Waals surface area contributed by atoms with Crippen LogP contribution in [0.15, 0.2) is 28.9 Å². The lowest BCUT2D eigenvalue weighted by atomic mass is 9.80. The smallest absolute Gasteiger partial charge is 0.318 e. The summed E-state index contributed by atoms with van der Waals surface area (Å²) in [7, 11) is 0. The van der Waals surface area contributed by atoms with Crippen LogP contribution in [0.2, 0.25) is 0 Å². The highest BCUT2D eigenvalue weighted by atomic mass is 16.3. The molecule has 7 heteroatoms. The zero-order chi connectivity index (χ0) is 17.2. The van der Waals surface area contributed by atoms with E-state index < -0.39 is 6.10 Å². The Balaban J connectivity index is 1.41. The number of nitrogens with zero attached hydrogens (tertiary/aromatic N) is 3. The van der Waals surface area contributed by atoms with E-state index in [4.69, 9.17) is 4.42 Å². The van der Waals surface area contributed by atoms with Crippen LogP contribution in [0.3, 0.4) is 0 Å². The van der Waals surface area contributed by atoms with Gasteiger partial charge in [-0.15, -0.1) is 0 Å². The van der Waals surface area contributed by atoms with Gasteiger partial charge in [0.1, 0.15) is 11.9 Å². The fourth-order valence-corrected chi connectivity index (χ4v) is 3.49. The van der Waals surface area contributed by atoms with Crippen molar-refractivity contribution in [2.75, 3.05) is 6.54 Å². The Morgan fingerprint density at radius 2 is 2.28 bits per heavy atom. The summed E-state index contributed by atoms with van der Waals surface area (Å²) in [6.45, 7) is 2.35. The van der Waals surface area contributed by atoms with Crippen molar-refractivity contribution >= 4 is 6.03 Å². The van der Waals surface area contributed by atoms with Crippen LogP contribution in [0.25, 0.3) is 0 Å². The van der Waals surface area contributed by atoms with E-state index in [0.717, 1.165) is 43.0 Å². The number of nitrogens with one attached hydrogen (secondary N) is 1. The van der Waals surface area contributed by atoms with E-state index in [0.29, 0.717) is 25.6 Å². The summed E-state index contributed by atoms with van der Waals surface area (Å²) in [4.78, 5) is 14.2. The Morgan fingerprint density at radius 3 is 3.00 bits per heavy atom. The molecule has 1 aliphatic carbocycles. The van der Waals surface area contributed by atoms with Gasteiger partial charge in [0.2, 0.25) is 0 Å². The molecule has 7 nitrogen and oxygen atoms in total. The van der Waals surface area contributed by atoms with Crippen molar-refractivity contribution in [3.63, 3.8) is 0 Å². The third-order valence-corrected chi connectivity index (χ3v) is 5.21. The lowest BCUT2D eigenvalue weighted by molar-refractivity contribution is 0.0581. The van der Waals surface area contributed by atoms with Crippen LogP contribution in [0, 0.1) is 5.92 Å². The summed E-state index contributed by atoms with van der Waals surface area (Å²) in [6.07, 6.45) is 5.31. The first-order chi connectivity index (χ1) is 12.2. The second kappa shape index (κ2) is 6.92. The van der Waals surface area contributed by atoms with Gasteiger partial charge in [0, 0.05) is 13.1 Å². The van der Waals surface area contributed by atoms with Crippen molar-refractivity contribution in [2.45, 2.75) is 51.4 Å². The molecule has 2 aromatic rings. The highest BCUT2D eigenvalue weighted by Gasteiger charge is 2.30. The van der Waals surface area contributed by atoms with Gasteiger partial charge < -0.3 is 19.7 Å². The van der Waals surface area contributed by atoms with Gasteiger partial charge in [0.05, 0.1) is 30.7 Å². The predicted molar refractivity (Wildman–Crippen MR) is 90.5 cm³/mol. The molecule has 134 valence electrons. The third kappa shape index (κ3) is 3.42. The maximum absolute atomic E-state index is 12.5. The number of carbonyl (C=O) groups is 1. The van der Waals surface area contributed by atoms with Crippen molar-refractivity contribution in [3.8, 4) is 0 Å². The number of aliphatic hydroxyl groups is 1. The van der Waals surface area contributed by atoms with Gasteiger partial charge in [-0.05, 0) is 43.4 Å². The van der Waals surface area contributed by atoms with E-state index in [2.05, 4.69) is 10.4 Å². The number of rotatable bonds is 4. The SMILES string of the molecule is O=C(NCc1ccco1)N1CCCn2nc(C(O)C3CCC3)cc2C1. The van der Waals surface area contributed by atoms with Crippen LogP contribution in [-0.4, -0.2) is 32.4 Å². The number of hydrogen-bond acceptors (Lipinski definition) is 4. The molecule has 4 rings (SSSR count). The zero-order valence-corrected chi connectivity index (χ0v) is 14.2. The molecular formula is C18H24N4O3. The number of hydrogen-bond donors (Lipinski definition) is 2. The first-order valence-corrected chi connectivity index (χ1v) is 9.00. The van der Waals surface area contributed by atoms with Gasteiger partial charge in [-0.25, -0.2) is 4.79 Å². The molecule has 2 aromatic heterocycles. The highest BCUT2D eigenvalue weighted by Crippen LogP contribution is 2.37. The molecular weight excluding hydrogens is 320 g/mol. The first kappa shape index (κ1) is 16.2. The van der Waals surface area contributed by atoms with E-state index >= 15 is 0 Å². The number of carbonyl (C=O) groups excluding carboxylic acids is 1. The summed E-state index contributed by atoms with van der Waals surface area (Å²) in [5, 5.41) is 17.9. The molecule has 25 heavy (non-hydrogen) atoms. The van der Waals surface area contributed by atoms with E-state index in [1.807, 2.05) is 16.8 Å². The van der Waals surface area contributed by atoms with Crippen LogP contribution < -0.4 is 5.32 Å². The van der Waals surface area contributed by atoms with Gasteiger partial charge in [-0.1, -0.05) is 6.42 Å². The Kier molecular flexibility index (Phi) is 4.48. The van der Waals surface area contributed by atoms with Crippen molar-refractivity contribution in [1.82, 2.24) is 20.0 Å². The number of urea groups is 1. The maximum Gasteiger partial charge on any atom is 0.318 e. The summed E-state index contributed by atoms with van der Waals surface area (Å²) in [5.74, 6) is 1.07. The molecule has 3 heterocycles. The molecule has 0 saturated heterocycles. The Hall–Kier alpha value is -2.28. The predicted octanol–water partition coefficient (Wildman–Crippen LogP) is 2.43. The van der Waals surface area contributed by atoms with Gasteiger partial charge >= 0.3 is 6.03 Å². The van der Waals surface area contributed by atoms with E-state index in [1.54, 1.807) is 17.2 Å². The van der Waals surface area contributed by atoms with Crippen LogP contribution in [0.5, 0.6) is 0 Å². The second-order valence-electron chi connectivity index (χ2n) is 6.93. The highest BCUT2D eigenvalue weighted by molar-refractivity contribution is 5.74. The Labute approximate surface area is 146 Å². The molecule has 0 aromatic carbocycles. The molecule has 1 saturated carbocycles. The largest absolute Gasteiger partial charge is 0.467 e. The van der Waals surface area contributed by atoms with Gasteiger partial charge in [-0.3, -0.25) is 4.68 Å². The van der Waals surface area contributed by atoms with E-state index in [9.17, 15) is 9.90 Å². The molecule has 2 N–H and O–H groups in total. The molecule has 0 bridgehead atoms. The number of aromatic nitrogens is 2. The lowest BCUT2D eigenvalue weighted by Gasteiger charge is -2.29. The normalized spacial score (nSPS) is 19.0. The number of furan rings is 1. The molecule has 2 amide bonds. The first-order valence-electron chi connectivity index (χ1n) is 9.00. The quantitative estimate of drug-likeness (QED) is 0.892. The van der Waals surface area contributed by atoms with Crippen LogP contribution in [0.1, 0.15) is 48.9 Å². The van der Waals surface area contributed by atoms with Crippen LogP contribution in [0.4, 0.5) is 4.79 Å². The molecule has 1 fully saturated rings. The molecule has 0 radical (unpaired) electrons. The summed E-state index contributed by atoms with van der Waals surface area (Å²) in [6, 6.07) is 5.50. The molecule has 1 unspecified atom stereocenters. The van der Waals surface area contributed by atoms with Crippen molar-refractivity contribution in [3.05, 3.63) is 41.6 Å². The summed E-state index contributed by atoms with van der Waals surface area (Å²) >= 11 is 0. The lowest BCUT2D eigenvalue weighted by Crippen LogP contribution is -2.39. The van der Waals surface area contributed by atoms with Crippen LogP contribution in [-0.2, 0) is 19.6 Å². The number of fused-ring (bicyclic) bond motifs is 1. The van der Waals surface area contributed by atoms with E-state index in [-0.39, 0.29) is 6.03 Å². The fourth-order valence-electron chi connectivity index (χ4n) is 3.49. The minimum absolute atomic E-state index is 0.104. The summed E-state index contributed by atoms with van der Waals surface area (Å²) < 4.78 is 7.19. The average Bonchev–Trinajstić information content (AvgIpc) is 3.16. The number of aryl methyl sites for hydroxylation is 1. The minimum Gasteiger partial charge on any atom is -0.467 e. The monoisotopic (exact) mass is 344 g/mol. The third-order valence-electron chi connectivity index (χ3n) is 5.21. The van der Waals surface area contributed by atoms with Gasteiger partial charge in [0.15, 0.2) is 0 Å². The number of aliphatic hydroxyl groups excluding tert-OH is 1. The molecule has 1 aliphatic heterocycles. The molecule has 0 spiro atoms. The zero-order valence-electron chi connectivity index (χ0n) is 14.2. The standard InChI is InChI=1S/C18H24N4O3/c23-17(13-4-1-5-13)16-10-14-12-21(7-3-8-22(14)20-16)18(24)19-11-15-6-2-9-25-15/h2,6,9-10,13,17,23H,1,3-5,7-8,11-12H2,(H,19,24). The van der Waals surface area contributed by atoms with Crippen molar-refractivity contribution < 1.29 is 14.3 Å². The Morgan fingerprint density at radius 1 is 1.40 bits per heavy atom. The average molecular weight is 344 g/mol. The molecule has 1 atom stereocenters. The fraction of sp³-hybridized carbons (Fsp3) is 0.556. The summed E-state index contributed by atoms with van der Waals surface area (Å²) in [5.41, 5.74) is 1.73. The Bertz CT molecular complexity index is 721. The number of amides is 2. The van der Waals surface area contributed by atoms with Crippen molar-refractivity contribution in [1.29, 1.82) is 0 Å². The van der Waals surface area contributed by atoms with Crippen molar-refractivity contribution in [2.24, 2.45) is 5.92 Å². The van der Waals surface area contributed by atoms with Gasteiger partial charge in [0.25, 0.3) is 0 Å². The minimum atomic E-state index is -0.477. The van der Waals surface area contributed by atoms with E-state index in [1.165, 1.54) is 6.42 Å². The van der Waals surface area contributed by atoms with Gasteiger partial charge in [-0.2, -0.15) is 5.10 Å². The molecule has 2 aliphatic rings. The topological polar surface area (TPSA) is 83.5 Å².